The normalized spacial score (nSPS) is 10.7. The number of benzene rings is 1. The molecule has 1 heterocycles. The van der Waals surface area contributed by atoms with Gasteiger partial charge in [0.1, 0.15) is 0 Å². The minimum absolute atomic E-state index is 1.02. The summed E-state index contributed by atoms with van der Waals surface area (Å²) in [6, 6.07) is 10.7. The Morgan fingerprint density at radius 3 is 2.71 bits per heavy atom. The number of hydrogen-bond donors (Lipinski definition) is 0. The summed E-state index contributed by atoms with van der Waals surface area (Å²) in [5, 5.41) is 1.32. The summed E-state index contributed by atoms with van der Waals surface area (Å²) in [6.07, 6.45) is 0. The molecule has 1 aromatic carbocycles. The van der Waals surface area contributed by atoms with Gasteiger partial charge < -0.3 is 0 Å². The van der Waals surface area contributed by atoms with Gasteiger partial charge in [0, 0.05) is 0 Å². The van der Waals surface area contributed by atoms with E-state index in [2.05, 4.69) is 64.3 Å². The molecule has 2 rings (SSSR count). The molecule has 0 amide bonds. The van der Waals surface area contributed by atoms with Crippen molar-refractivity contribution in [3.63, 3.8) is 0 Å². The van der Waals surface area contributed by atoms with Crippen molar-refractivity contribution < 1.29 is 0 Å². The van der Waals surface area contributed by atoms with E-state index in [0.717, 1.165) is 6.54 Å². The Labute approximate surface area is 92.1 Å². The van der Waals surface area contributed by atoms with Crippen LogP contribution in [0.1, 0.15) is 19.5 Å². The third-order valence-electron chi connectivity index (χ3n) is 2.49. The van der Waals surface area contributed by atoms with E-state index < -0.39 is 0 Å². The van der Waals surface area contributed by atoms with E-state index in [1.54, 1.807) is 0 Å². The van der Waals surface area contributed by atoms with Crippen molar-refractivity contribution in [2.45, 2.75) is 20.4 Å². The molecule has 0 radical (unpaired) electrons. The molecular formula is C12H13NSe. The molecule has 0 bridgehead atoms. The predicted molar refractivity (Wildman–Crippen MR) is 63.1 cm³/mol. The first-order chi connectivity index (χ1) is 6.74. The van der Waals surface area contributed by atoms with E-state index in [1.165, 1.54) is 21.0 Å². The van der Waals surface area contributed by atoms with E-state index in [4.69, 9.17) is 0 Å². The van der Waals surface area contributed by atoms with Crippen molar-refractivity contribution in [3.05, 3.63) is 36.0 Å². The molecule has 0 N–H and O–H groups in total. The number of para-hydroxylation sites is 1. The number of aromatic nitrogens is 1. The first-order valence-electron chi connectivity index (χ1n) is 4.83. The fraction of sp³-hybridized carbons (Fsp3) is 0.250. The van der Waals surface area contributed by atoms with Gasteiger partial charge in [0.05, 0.1) is 0 Å². The summed E-state index contributed by atoms with van der Waals surface area (Å²) < 4.78 is 3.59. The molecule has 0 unspecified atom stereocenters. The molecule has 0 saturated heterocycles. The molecule has 2 heteroatoms. The van der Waals surface area contributed by atoms with Crippen molar-refractivity contribution in [2.75, 3.05) is 0 Å². The summed E-state index contributed by atoms with van der Waals surface area (Å²) in [6.45, 7) is 5.31. The molecule has 0 spiro atoms. The third kappa shape index (κ3) is 1.45. The summed E-state index contributed by atoms with van der Waals surface area (Å²) >= 11 is 3.09. The van der Waals surface area contributed by atoms with Crippen LogP contribution in [0.3, 0.4) is 0 Å². The van der Waals surface area contributed by atoms with Crippen molar-refractivity contribution in [1.82, 2.24) is 4.57 Å². The van der Waals surface area contributed by atoms with Crippen molar-refractivity contribution in [2.24, 2.45) is 0 Å². The van der Waals surface area contributed by atoms with Gasteiger partial charge in [-0.05, 0) is 0 Å². The Balaban J connectivity index is 2.78. The minimum atomic E-state index is 1.02. The van der Waals surface area contributed by atoms with Crippen molar-refractivity contribution >= 4 is 30.9 Å². The number of fused-ring (bicyclic) bond motifs is 1. The zero-order chi connectivity index (χ0) is 10.1. The molecule has 0 atom stereocenters. The SMILES string of the molecule is CCn1c(C(C)=[Se])cc2ccccc21. The third-order valence-corrected chi connectivity index (χ3v) is 2.93. The predicted octanol–water partition coefficient (Wildman–Crippen LogP) is 2.37. The Bertz CT molecular complexity index is 482. The van der Waals surface area contributed by atoms with Gasteiger partial charge in [0.25, 0.3) is 0 Å². The van der Waals surface area contributed by atoms with Gasteiger partial charge in [0.15, 0.2) is 0 Å². The summed E-state index contributed by atoms with van der Waals surface area (Å²) in [5.74, 6) is 0. The van der Waals surface area contributed by atoms with E-state index in [9.17, 15) is 0 Å². The van der Waals surface area contributed by atoms with Gasteiger partial charge in [-0.3, -0.25) is 0 Å². The average molecular weight is 250 g/mol. The first kappa shape index (κ1) is 9.69. The van der Waals surface area contributed by atoms with Crippen LogP contribution in [0.25, 0.3) is 10.9 Å². The van der Waals surface area contributed by atoms with E-state index in [0.29, 0.717) is 0 Å². The summed E-state index contributed by atoms with van der Waals surface area (Å²) in [5.41, 5.74) is 2.62. The molecule has 0 aliphatic carbocycles. The van der Waals surface area contributed by atoms with Gasteiger partial charge >= 0.3 is 91.9 Å². The van der Waals surface area contributed by atoms with Gasteiger partial charge in [-0.1, -0.05) is 0 Å². The molecule has 2 aromatic rings. The van der Waals surface area contributed by atoms with Gasteiger partial charge in [-0.25, -0.2) is 0 Å². The molecule has 14 heavy (non-hydrogen) atoms. The molecular weight excluding hydrogens is 237 g/mol. The summed E-state index contributed by atoms with van der Waals surface area (Å²) in [7, 11) is 0. The zero-order valence-corrected chi connectivity index (χ0v) is 10.2. The van der Waals surface area contributed by atoms with Gasteiger partial charge in [-0.2, -0.15) is 0 Å². The molecule has 1 nitrogen and oxygen atoms in total. The molecule has 0 saturated carbocycles. The number of nitrogens with zero attached hydrogens (tertiary/aromatic N) is 1. The number of rotatable bonds is 2. The number of aryl methyl sites for hydroxylation is 1. The van der Waals surface area contributed by atoms with Crippen LogP contribution in [-0.4, -0.2) is 24.6 Å². The average Bonchev–Trinajstić information content (AvgIpc) is 2.56. The topological polar surface area (TPSA) is 4.93 Å². The molecule has 0 aliphatic rings. The Morgan fingerprint density at radius 2 is 2.07 bits per heavy atom. The van der Waals surface area contributed by atoms with E-state index >= 15 is 0 Å². The van der Waals surface area contributed by atoms with Crippen LogP contribution in [0, 0.1) is 0 Å². The van der Waals surface area contributed by atoms with Crippen LogP contribution in [0.2, 0.25) is 0 Å². The zero-order valence-electron chi connectivity index (χ0n) is 8.45. The van der Waals surface area contributed by atoms with E-state index in [1.807, 2.05) is 0 Å². The first-order valence-corrected chi connectivity index (χ1v) is 5.69. The second-order valence-electron chi connectivity index (χ2n) is 3.39. The Morgan fingerprint density at radius 1 is 1.36 bits per heavy atom. The maximum absolute atomic E-state index is 3.09. The fourth-order valence-corrected chi connectivity index (χ4v) is 2.20. The van der Waals surface area contributed by atoms with Crippen LogP contribution in [0.4, 0.5) is 0 Å². The second-order valence-corrected chi connectivity index (χ2v) is 4.67. The Kier molecular flexibility index (Phi) is 2.58. The number of hydrogen-bond acceptors (Lipinski definition) is 0. The van der Waals surface area contributed by atoms with Crippen molar-refractivity contribution in [3.8, 4) is 0 Å². The van der Waals surface area contributed by atoms with Gasteiger partial charge in [0.2, 0.25) is 0 Å². The Hall–Kier alpha value is -0.851. The fourth-order valence-electron chi connectivity index (χ4n) is 1.84. The molecule has 1 aromatic heterocycles. The summed E-state index contributed by atoms with van der Waals surface area (Å²) in [4.78, 5) is 0. The van der Waals surface area contributed by atoms with Gasteiger partial charge in [-0.15, -0.1) is 0 Å². The van der Waals surface area contributed by atoms with Crippen LogP contribution < -0.4 is 0 Å². The van der Waals surface area contributed by atoms with Crippen molar-refractivity contribution in [1.29, 1.82) is 0 Å². The molecule has 72 valence electrons. The maximum atomic E-state index is 3.09. The van der Waals surface area contributed by atoms with Crippen LogP contribution in [0.15, 0.2) is 30.3 Å². The van der Waals surface area contributed by atoms with Crippen LogP contribution in [0.5, 0.6) is 0 Å². The van der Waals surface area contributed by atoms with Crippen LogP contribution in [-0.2, 0) is 6.54 Å². The monoisotopic (exact) mass is 251 g/mol. The van der Waals surface area contributed by atoms with Crippen LogP contribution >= 0.6 is 0 Å². The standard InChI is InChI=1S/C12H13NSe/c1-3-13-11-7-5-4-6-10(11)8-12(13)9(2)14/h4-8H,3H2,1-2H3. The quantitative estimate of drug-likeness (QED) is 0.721. The van der Waals surface area contributed by atoms with E-state index in [-0.39, 0.29) is 0 Å². The molecule has 0 aliphatic heterocycles. The second kappa shape index (κ2) is 3.72. The molecule has 0 fully saturated rings.